The summed E-state index contributed by atoms with van der Waals surface area (Å²) >= 11 is 0. The normalized spacial score (nSPS) is 13.8. The summed E-state index contributed by atoms with van der Waals surface area (Å²) in [7, 11) is -1.10. The van der Waals surface area contributed by atoms with Crippen molar-refractivity contribution in [3.63, 3.8) is 0 Å². The monoisotopic (exact) mass is 244 g/mol. The van der Waals surface area contributed by atoms with Crippen LogP contribution in [-0.4, -0.2) is 24.6 Å². The molecule has 16 heavy (non-hydrogen) atoms. The molecular weight excluding hydrogens is 211 g/mol. The SMILES string of the molecule is C=CC[PH](CC(C)C)(CC(C)C)CC(C)C. The molecule has 0 fully saturated rings. The molecule has 0 unspecified atom stereocenters. The molecule has 0 aliphatic carbocycles. The Morgan fingerprint density at radius 2 is 1.12 bits per heavy atom. The Hall–Kier alpha value is 0.170. The third-order valence-electron chi connectivity index (χ3n) is 3.10. The van der Waals surface area contributed by atoms with E-state index < -0.39 is 7.26 Å². The maximum absolute atomic E-state index is 4.00. The van der Waals surface area contributed by atoms with Crippen LogP contribution in [0.4, 0.5) is 0 Å². The van der Waals surface area contributed by atoms with E-state index >= 15 is 0 Å². The molecule has 0 saturated carbocycles. The first-order chi connectivity index (χ1) is 7.31. The van der Waals surface area contributed by atoms with E-state index in [1.165, 1.54) is 24.6 Å². The van der Waals surface area contributed by atoms with Crippen molar-refractivity contribution in [2.45, 2.75) is 41.5 Å². The van der Waals surface area contributed by atoms with Gasteiger partial charge in [0.1, 0.15) is 0 Å². The molecule has 0 aromatic rings. The maximum atomic E-state index is 4.00. The minimum atomic E-state index is -1.10. The Kier molecular flexibility index (Phi) is 7.57. The van der Waals surface area contributed by atoms with Crippen LogP contribution < -0.4 is 0 Å². The first kappa shape index (κ1) is 16.2. The summed E-state index contributed by atoms with van der Waals surface area (Å²) in [6.07, 6.45) is 7.96. The predicted octanol–water partition coefficient (Wildman–Crippen LogP) is 4.89. The van der Waals surface area contributed by atoms with Gasteiger partial charge in [-0.1, -0.05) is 0 Å². The van der Waals surface area contributed by atoms with E-state index in [1.807, 2.05) is 0 Å². The quantitative estimate of drug-likeness (QED) is 0.421. The summed E-state index contributed by atoms with van der Waals surface area (Å²) in [4.78, 5) is 0. The summed E-state index contributed by atoms with van der Waals surface area (Å²) in [6.45, 7) is 18.3. The van der Waals surface area contributed by atoms with Crippen molar-refractivity contribution in [2.75, 3.05) is 24.6 Å². The van der Waals surface area contributed by atoms with Crippen molar-refractivity contribution in [3.8, 4) is 0 Å². The zero-order chi connectivity index (χ0) is 12.8. The molecule has 0 aromatic carbocycles. The van der Waals surface area contributed by atoms with Crippen LogP contribution in [0.15, 0.2) is 12.7 Å². The van der Waals surface area contributed by atoms with Gasteiger partial charge in [-0.25, -0.2) is 0 Å². The fraction of sp³-hybridized carbons (Fsp3) is 0.867. The molecule has 0 radical (unpaired) electrons. The summed E-state index contributed by atoms with van der Waals surface area (Å²) in [5.41, 5.74) is 0. The first-order valence-corrected chi connectivity index (χ1v) is 9.75. The molecule has 0 aliphatic heterocycles. The van der Waals surface area contributed by atoms with E-state index in [-0.39, 0.29) is 0 Å². The fourth-order valence-corrected chi connectivity index (χ4v) is 10.2. The molecule has 1 heteroatoms. The molecule has 0 N–H and O–H groups in total. The zero-order valence-electron chi connectivity index (χ0n) is 12.3. The van der Waals surface area contributed by atoms with Gasteiger partial charge < -0.3 is 0 Å². The second kappa shape index (κ2) is 7.49. The van der Waals surface area contributed by atoms with Crippen molar-refractivity contribution in [2.24, 2.45) is 17.8 Å². The van der Waals surface area contributed by atoms with Gasteiger partial charge in [0.15, 0.2) is 0 Å². The van der Waals surface area contributed by atoms with Crippen molar-refractivity contribution in [3.05, 3.63) is 12.7 Å². The van der Waals surface area contributed by atoms with E-state index in [4.69, 9.17) is 0 Å². The molecule has 0 aliphatic rings. The van der Waals surface area contributed by atoms with Crippen LogP contribution in [0.2, 0.25) is 0 Å². The molecule has 0 nitrogen and oxygen atoms in total. The Labute approximate surface area is 104 Å². The van der Waals surface area contributed by atoms with Crippen LogP contribution in [0.1, 0.15) is 41.5 Å². The van der Waals surface area contributed by atoms with Gasteiger partial charge in [-0.05, 0) is 0 Å². The van der Waals surface area contributed by atoms with Crippen molar-refractivity contribution < 1.29 is 0 Å². The molecular formula is C15H33P. The number of allylic oxidation sites excluding steroid dienone is 1. The van der Waals surface area contributed by atoms with Gasteiger partial charge in [-0.2, -0.15) is 0 Å². The number of hydrogen-bond donors (Lipinski definition) is 0. The van der Waals surface area contributed by atoms with Crippen LogP contribution in [0.3, 0.4) is 0 Å². The van der Waals surface area contributed by atoms with Gasteiger partial charge in [0.05, 0.1) is 0 Å². The molecule has 0 rings (SSSR count). The molecule has 0 bridgehead atoms. The van der Waals surface area contributed by atoms with Gasteiger partial charge in [0.2, 0.25) is 0 Å². The van der Waals surface area contributed by atoms with E-state index in [2.05, 4.69) is 54.2 Å². The molecule has 0 amide bonds. The van der Waals surface area contributed by atoms with Crippen LogP contribution >= 0.6 is 7.26 Å². The molecule has 0 heterocycles. The molecule has 0 aromatic heterocycles. The van der Waals surface area contributed by atoms with Crippen molar-refractivity contribution >= 4 is 7.26 Å². The van der Waals surface area contributed by atoms with Crippen molar-refractivity contribution in [1.82, 2.24) is 0 Å². The summed E-state index contributed by atoms with van der Waals surface area (Å²) in [5.74, 6) is 2.55. The van der Waals surface area contributed by atoms with Gasteiger partial charge in [-0.3, -0.25) is 0 Å². The summed E-state index contributed by atoms with van der Waals surface area (Å²) < 4.78 is 0. The van der Waals surface area contributed by atoms with Crippen LogP contribution in [0.5, 0.6) is 0 Å². The minimum absolute atomic E-state index is 0.851. The predicted molar refractivity (Wildman–Crippen MR) is 82.5 cm³/mol. The molecule has 0 atom stereocenters. The average Bonchev–Trinajstić information content (AvgIpc) is 1.98. The van der Waals surface area contributed by atoms with E-state index in [0.29, 0.717) is 0 Å². The average molecular weight is 244 g/mol. The Morgan fingerprint density at radius 1 is 0.812 bits per heavy atom. The third kappa shape index (κ3) is 6.69. The van der Waals surface area contributed by atoms with E-state index in [9.17, 15) is 0 Å². The molecule has 98 valence electrons. The topological polar surface area (TPSA) is 0 Å². The van der Waals surface area contributed by atoms with Crippen LogP contribution in [0, 0.1) is 17.8 Å². The van der Waals surface area contributed by atoms with E-state index in [0.717, 1.165) is 17.8 Å². The van der Waals surface area contributed by atoms with Gasteiger partial charge >= 0.3 is 104 Å². The van der Waals surface area contributed by atoms with Gasteiger partial charge in [0, 0.05) is 0 Å². The first-order valence-electron chi connectivity index (χ1n) is 6.92. The third-order valence-corrected chi connectivity index (χ3v) is 9.30. The molecule has 0 saturated heterocycles. The second-order valence-corrected chi connectivity index (χ2v) is 11.4. The van der Waals surface area contributed by atoms with Crippen LogP contribution in [0.25, 0.3) is 0 Å². The second-order valence-electron chi connectivity index (χ2n) is 6.79. The standard InChI is InChI=1S/C15H33P/c1-8-9-16(10-13(2)3,11-14(4)5)12-15(6)7/h8,13-16H,1,9-12H2,2-7H3. The number of hydrogen-bond acceptors (Lipinski definition) is 0. The van der Waals surface area contributed by atoms with Crippen molar-refractivity contribution in [1.29, 1.82) is 0 Å². The Morgan fingerprint density at radius 3 is 1.31 bits per heavy atom. The Bertz CT molecular complexity index is 165. The van der Waals surface area contributed by atoms with Gasteiger partial charge in [-0.15, -0.1) is 0 Å². The van der Waals surface area contributed by atoms with E-state index in [1.54, 1.807) is 0 Å². The zero-order valence-corrected chi connectivity index (χ0v) is 13.3. The Balaban J connectivity index is 4.79. The summed E-state index contributed by atoms with van der Waals surface area (Å²) in [6, 6.07) is 0. The molecule has 0 spiro atoms. The van der Waals surface area contributed by atoms with Gasteiger partial charge in [0.25, 0.3) is 0 Å². The van der Waals surface area contributed by atoms with Crippen LogP contribution in [-0.2, 0) is 0 Å². The number of rotatable bonds is 8. The fourth-order valence-electron chi connectivity index (χ4n) is 3.40. The summed E-state index contributed by atoms with van der Waals surface area (Å²) in [5, 5.41) is 0.